The largest absolute Gasteiger partial charge is 0.573 e. The smallest absolute Gasteiger partial charge is 0.404 e. The summed E-state index contributed by atoms with van der Waals surface area (Å²) in [5.74, 6) is -0.420. The molecular formula is C17H22F3N3O3. The molecule has 0 unspecified atom stereocenters. The molecule has 26 heavy (non-hydrogen) atoms. The third-order valence-electron chi connectivity index (χ3n) is 4.67. The number of ether oxygens (including phenoxy) is 2. The van der Waals surface area contributed by atoms with Crippen molar-refractivity contribution < 1.29 is 27.4 Å². The number of carbonyl (C=O) groups is 1. The molecule has 0 atom stereocenters. The molecule has 2 amide bonds. The monoisotopic (exact) mass is 373 g/mol. The quantitative estimate of drug-likeness (QED) is 0.885. The number of alkyl halides is 3. The van der Waals surface area contributed by atoms with Gasteiger partial charge in [-0.15, -0.1) is 13.2 Å². The van der Waals surface area contributed by atoms with E-state index in [4.69, 9.17) is 4.74 Å². The van der Waals surface area contributed by atoms with E-state index in [1.54, 1.807) is 11.0 Å². The predicted octanol–water partition coefficient (Wildman–Crippen LogP) is 2.91. The Labute approximate surface area is 149 Å². The number of anilines is 1. The van der Waals surface area contributed by atoms with Gasteiger partial charge >= 0.3 is 12.4 Å². The summed E-state index contributed by atoms with van der Waals surface area (Å²) < 4.78 is 46.7. The Morgan fingerprint density at radius 2 is 1.77 bits per heavy atom. The zero-order valence-electron chi connectivity index (χ0n) is 14.3. The lowest BCUT2D eigenvalue weighted by Gasteiger charge is -2.40. The molecule has 2 saturated heterocycles. The van der Waals surface area contributed by atoms with Crippen LogP contribution < -0.4 is 10.1 Å². The van der Waals surface area contributed by atoms with Crippen molar-refractivity contribution in [3.8, 4) is 5.75 Å². The minimum absolute atomic E-state index is 0.00475. The average Bonchev–Trinajstić information content (AvgIpc) is 2.63. The first-order chi connectivity index (χ1) is 12.4. The first kappa shape index (κ1) is 18.8. The second kappa shape index (κ2) is 8.13. The van der Waals surface area contributed by atoms with E-state index >= 15 is 0 Å². The van der Waals surface area contributed by atoms with Crippen LogP contribution in [-0.2, 0) is 4.74 Å². The Balaban J connectivity index is 1.55. The van der Waals surface area contributed by atoms with Crippen LogP contribution in [0.2, 0.25) is 0 Å². The number of halogens is 3. The maximum atomic E-state index is 12.5. The van der Waals surface area contributed by atoms with Crippen LogP contribution in [0, 0.1) is 0 Å². The van der Waals surface area contributed by atoms with Gasteiger partial charge in [0.05, 0.1) is 18.9 Å². The average molecular weight is 373 g/mol. The van der Waals surface area contributed by atoms with E-state index in [1.165, 1.54) is 18.2 Å². The lowest BCUT2D eigenvalue weighted by Crippen LogP contribution is -2.50. The van der Waals surface area contributed by atoms with Crippen molar-refractivity contribution in [3.63, 3.8) is 0 Å². The molecule has 0 saturated carbocycles. The molecule has 2 aliphatic rings. The van der Waals surface area contributed by atoms with E-state index in [0.29, 0.717) is 19.1 Å². The number of piperidine rings is 1. The van der Waals surface area contributed by atoms with Crippen molar-refractivity contribution in [1.82, 2.24) is 9.80 Å². The molecule has 1 aromatic carbocycles. The van der Waals surface area contributed by atoms with Crippen LogP contribution in [0.25, 0.3) is 0 Å². The molecule has 3 rings (SSSR count). The van der Waals surface area contributed by atoms with Gasteiger partial charge in [-0.3, -0.25) is 4.90 Å². The van der Waals surface area contributed by atoms with E-state index in [9.17, 15) is 18.0 Å². The molecule has 2 aliphatic heterocycles. The molecule has 6 nitrogen and oxygen atoms in total. The number of likely N-dealkylation sites (tertiary alicyclic amines) is 1. The maximum absolute atomic E-state index is 12.5. The van der Waals surface area contributed by atoms with Crippen LogP contribution >= 0.6 is 0 Å². The summed E-state index contributed by atoms with van der Waals surface area (Å²) in [6, 6.07) is 5.54. The minimum Gasteiger partial charge on any atom is -0.404 e. The Kier molecular flexibility index (Phi) is 5.87. The summed E-state index contributed by atoms with van der Waals surface area (Å²) >= 11 is 0. The SMILES string of the molecule is O=C(Nc1ccccc1OC(F)(F)F)N1CCC(N2CCOCC2)CC1. The topological polar surface area (TPSA) is 54.0 Å². The lowest BCUT2D eigenvalue weighted by molar-refractivity contribution is -0.274. The van der Waals surface area contributed by atoms with Crippen LogP contribution in [0.5, 0.6) is 5.75 Å². The number of amides is 2. The highest BCUT2D eigenvalue weighted by Crippen LogP contribution is 2.30. The van der Waals surface area contributed by atoms with Gasteiger partial charge in [0.15, 0.2) is 5.75 Å². The number of rotatable bonds is 3. The number of carbonyl (C=O) groups excluding carboxylic acids is 1. The van der Waals surface area contributed by atoms with Crippen molar-refractivity contribution in [2.75, 3.05) is 44.7 Å². The number of hydrogen-bond acceptors (Lipinski definition) is 4. The van der Waals surface area contributed by atoms with E-state index < -0.39 is 18.1 Å². The number of nitrogens with zero attached hydrogens (tertiary/aromatic N) is 2. The van der Waals surface area contributed by atoms with Gasteiger partial charge in [0.2, 0.25) is 0 Å². The van der Waals surface area contributed by atoms with Crippen molar-refractivity contribution in [1.29, 1.82) is 0 Å². The normalized spacial score (nSPS) is 20.0. The molecule has 0 aliphatic carbocycles. The van der Waals surface area contributed by atoms with Crippen LogP contribution in [-0.4, -0.2) is 67.6 Å². The minimum atomic E-state index is -4.81. The van der Waals surface area contributed by atoms with Gasteiger partial charge in [-0.25, -0.2) is 4.79 Å². The molecule has 0 aromatic heterocycles. The van der Waals surface area contributed by atoms with Gasteiger partial charge in [-0.05, 0) is 25.0 Å². The van der Waals surface area contributed by atoms with Gasteiger partial charge in [0.1, 0.15) is 0 Å². The van der Waals surface area contributed by atoms with E-state index in [-0.39, 0.29) is 5.69 Å². The molecular weight excluding hydrogens is 351 g/mol. The van der Waals surface area contributed by atoms with E-state index in [1.807, 2.05) is 0 Å². The molecule has 2 fully saturated rings. The van der Waals surface area contributed by atoms with Crippen molar-refractivity contribution >= 4 is 11.7 Å². The highest BCUT2D eigenvalue weighted by molar-refractivity contribution is 5.91. The summed E-state index contributed by atoms with van der Waals surface area (Å²) in [5, 5.41) is 2.53. The summed E-state index contributed by atoms with van der Waals surface area (Å²) in [5.41, 5.74) is 0.00475. The molecule has 0 radical (unpaired) electrons. The predicted molar refractivity (Wildman–Crippen MR) is 89.1 cm³/mol. The summed E-state index contributed by atoms with van der Waals surface area (Å²) in [6.45, 7) is 4.40. The number of para-hydroxylation sites is 2. The maximum Gasteiger partial charge on any atom is 0.573 e. The Morgan fingerprint density at radius 3 is 2.42 bits per heavy atom. The van der Waals surface area contributed by atoms with E-state index in [2.05, 4.69) is 15.0 Å². The lowest BCUT2D eigenvalue weighted by atomic mass is 10.0. The van der Waals surface area contributed by atoms with Crippen molar-refractivity contribution in [2.45, 2.75) is 25.2 Å². The fourth-order valence-corrected chi connectivity index (χ4v) is 3.35. The van der Waals surface area contributed by atoms with Crippen molar-refractivity contribution in [2.24, 2.45) is 0 Å². The highest BCUT2D eigenvalue weighted by atomic mass is 19.4. The number of hydrogen-bond donors (Lipinski definition) is 1. The summed E-state index contributed by atoms with van der Waals surface area (Å²) in [4.78, 5) is 16.4. The molecule has 0 bridgehead atoms. The van der Waals surface area contributed by atoms with Gasteiger partial charge in [-0.2, -0.15) is 0 Å². The number of nitrogens with one attached hydrogen (secondary N) is 1. The Hall–Kier alpha value is -2.00. The molecule has 1 aromatic rings. The standard InChI is InChI=1S/C17H22F3N3O3/c18-17(19,20)26-15-4-2-1-3-14(15)21-16(24)23-7-5-13(6-8-23)22-9-11-25-12-10-22/h1-4,13H,5-12H2,(H,21,24). The zero-order valence-corrected chi connectivity index (χ0v) is 14.3. The first-order valence-electron chi connectivity index (χ1n) is 8.65. The third kappa shape index (κ3) is 5.01. The second-order valence-corrected chi connectivity index (χ2v) is 6.34. The fraction of sp³-hybridized carbons (Fsp3) is 0.588. The first-order valence-corrected chi connectivity index (χ1v) is 8.65. The molecule has 144 valence electrons. The molecule has 9 heteroatoms. The van der Waals surface area contributed by atoms with Crippen LogP contribution in [0.4, 0.5) is 23.7 Å². The zero-order chi connectivity index (χ0) is 18.6. The Morgan fingerprint density at radius 1 is 1.12 bits per heavy atom. The third-order valence-corrected chi connectivity index (χ3v) is 4.67. The summed E-state index contributed by atoms with van der Waals surface area (Å²) in [6.07, 6.45) is -3.13. The van der Waals surface area contributed by atoms with Crippen molar-refractivity contribution in [3.05, 3.63) is 24.3 Å². The summed E-state index contributed by atoms with van der Waals surface area (Å²) in [7, 11) is 0. The highest BCUT2D eigenvalue weighted by Gasteiger charge is 2.33. The molecule has 1 N–H and O–H groups in total. The number of morpholine rings is 1. The number of benzene rings is 1. The molecule has 2 heterocycles. The van der Waals surface area contributed by atoms with Crippen LogP contribution in [0.15, 0.2) is 24.3 Å². The van der Waals surface area contributed by atoms with E-state index in [0.717, 1.165) is 39.1 Å². The van der Waals surface area contributed by atoms with Gasteiger partial charge < -0.3 is 19.7 Å². The van der Waals surface area contributed by atoms with Gasteiger partial charge in [0.25, 0.3) is 0 Å². The van der Waals surface area contributed by atoms with Gasteiger partial charge in [-0.1, -0.05) is 12.1 Å². The van der Waals surface area contributed by atoms with Crippen LogP contribution in [0.3, 0.4) is 0 Å². The second-order valence-electron chi connectivity index (χ2n) is 6.34. The van der Waals surface area contributed by atoms with Gasteiger partial charge in [0, 0.05) is 32.2 Å². The van der Waals surface area contributed by atoms with Crippen LogP contribution in [0.1, 0.15) is 12.8 Å². The number of urea groups is 1. The fourth-order valence-electron chi connectivity index (χ4n) is 3.35. The molecule has 0 spiro atoms. The Bertz CT molecular complexity index is 613.